The minimum absolute atomic E-state index is 0.201. The Kier molecular flexibility index (Phi) is 8.04. The molecule has 4 aromatic carbocycles. The SMILES string of the molecule is O=C(COC(=O)C(O)(c1ccccc1)c1ccccc1)c1ccc(OC(=O)c2ccc(Cl)c(Cl)c2)cc1. The number of carbonyl (C=O) groups excluding carboxylic acids is 3. The van der Waals surface area contributed by atoms with E-state index in [2.05, 4.69) is 0 Å². The third-order valence-electron chi connectivity index (χ3n) is 5.56. The van der Waals surface area contributed by atoms with Crippen molar-refractivity contribution in [3.63, 3.8) is 0 Å². The van der Waals surface area contributed by atoms with Crippen molar-refractivity contribution >= 4 is 40.9 Å². The van der Waals surface area contributed by atoms with Gasteiger partial charge in [0.15, 0.2) is 12.4 Å². The van der Waals surface area contributed by atoms with E-state index in [1.165, 1.54) is 42.5 Å². The molecule has 0 heterocycles. The molecule has 0 bridgehead atoms. The molecular weight excluding hydrogens is 515 g/mol. The van der Waals surface area contributed by atoms with Crippen molar-refractivity contribution in [3.05, 3.63) is 135 Å². The molecule has 0 amide bonds. The zero-order chi connectivity index (χ0) is 26.4. The summed E-state index contributed by atoms with van der Waals surface area (Å²) in [6.07, 6.45) is 0. The summed E-state index contributed by atoms with van der Waals surface area (Å²) < 4.78 is 10.6. The second-order valence-electron chi connectivity index (χ2n) is 7.98. The van der Waals surface area contributed by atoms with Gasteiger partial charge in [-0.3, -0.25) is 4.79 Å². The highest BCUT2D eigenvalue weighted by Gasteiger charge is 2.41. The molecule has 0 radical (unpaired) electrons. The van der Waals surface area contributed by atoms with Crippen molar-refractivity contribution in [3.8, 4) is 5.75 Å². The Morgan fingerprint density at radius 2 is 1.24 bits per heavy atom. The molecule has 1 N–H and O–H groups in total. The van der Waals surface area contributed by atoms with Crippen LogP contribution < -0.4 is 4.74 Å². The van der Waals surface area contributed by atoms with Gasteiger partial charge in [-0.25, -0.2) is 9.59 Å². The fourth-order valence-electron chi connectivity index (χ4n) is 3.58. The number of Topliss-reactive ketones (excluding diaryl/α,β-unsaturated/α-hetero) is 1. The summed E-state index contributed by atoms with van der Waals surface area (Å²) in [6, 6.07) is 26.8. The first-order valence-electron chi connectivity index (χ1n) is 11.1. The van der Waals surface area contributed by atoms with Crippen LogP contribution in [0.4, 0.5) is 0 Å². The van der Waals surface area contributed by atoms with Crippen LogP contribution in [0.5, 0.6) is 5.75 Å². The quantitative estimate of drug-likeness (QED) is 0.172. The molecule has 4 aromatic rings. The van der Waals surface area contributed by atoms with E-state index in [1.807, 2.05) is 0 Å². The van der Waals surface area contributed by atoms with Crippen molar-refractivity contribution < 1.29 is 29.0 Å². The first-order valence-corrected chi connectivity index (χ1v) is 11.9. The second-order valence-corrected chi connectivity index (χ2v) is 8.80. The van der Waals surface area contributed by atoms with Gasteiger partial charge in [-0.15, -0.1) is 0 Å². The number of benzene rings is 4. The predicted octanol–water partition coefficient (Wildman–Crippen LogP) is 5.87. The molecule has 0 aliphatic carbocycles. The Labute approximate surface area is 223 Å². The normalized spacial score (nSPS) is 11.0. The van der Waals surface area contributed by atoms with E-state index in [4.69, 9.17) is 32.7 Å². The number of halogens is 2. The van der Waals surface area contributed by atoms with Gasteiger partial charge in [-0.05, 0) is 53.6 Å². The fourth-order valence-corrected chi connectivity index (χ4v) is 3.88. The third kappa shape index (κ3) is 5.89. The highest BCUT2D eigenvalue weighted by Crippen LogP contribution is 2.31. The first kappa shape index (κ1) is 26.1. The van der Waals surface area contributed by atoms with Gasteiger partial charge < -0.3 is 14.6 Å². The minimum Gasteiger partial charge on any atom is -0.455 e. The van der Waals surface area contributed by atoms with Crippen LogP contribution in [0.1, 0.15) is 31.8 Å². The van der Waals surface area contributed by atoms with Crippen LogP contribution in [-0.4, -0.2) is 29.4 Å². The number of rotatable bonds is 8. The smallest absolute Gasteiger partial charge is 0.348 e. The molecule has 37 heavy (non-hydrogen) atoms. The van der Waals surface area contributed by atoms with Crippen molar-refractivity contribution in [2.24, 2.45) is 0 Å². The summed E-state index contributed by atoms with van der Waals surface area (Å²) in [5, 5.41) is 11.9. The zero-order valence-electron chi connectivity index (χ0n) is 19.3. The highest BCUT2D eigenvalue weighted by molar-refractivity contribution is 6.42. The van der Waals surface area contributed by atoms with Crippen molar-refractivity contribution in [2.75, 3.05) is 6.61 Å². The topological polar surface area (TPSA) is 89.9 Å². The number of aliphatic hydroxyl groups is 1. The highest BCUT2D eigenvalue weighted by atomic mass is 35.5. The summed E-state index contributed by atoms with van der Waals surface area (Å²) in [7, 11) is 0. The summed E-state index contributed by atoms with van der Waals surface area (Å²) in [6.45, 7) is -0.594. The van der Waals surface area contributed by atoms with Gasteiger partial charge in [0.25, 0.3) is 0 Å². The van der Waals surface area contributed by atoms with Crippen LogP contribution in [0, 0.1) is 0 Å². The van der Waals surface area contributed by atoms with E-state index >= 15 is 0 Å². The second kappa shape index (κ2) is 11.4. The van der Waals surface area contributed by atoms with E-state index in [1.54, 1.807) is 60.7 Å². The lowest BCUT2D eigenvalue weighted by Crippen LogP contribution is -2.39. The molecule has 186 valence electrons. The summed E-state index contributed by atoms with van der Waals surface area (Å²) >= 11 is 11.8. The maximum Gasteiger partial charge on any atom is 0.348 e. The standard InChI is InChI=1S/C29H20Cl2O6/c30-24-16-13-20(17-25(24)31)27(33)37-23-14-11-19(12-15-23)26(32)18-36-28(34)29(35,21-7-3-1-4-8-21)22-9-5-2-6-10-22/h1-17,35H,18H2. The molecule has 0 aromatic heterocycles. The molecule has 0 atom stereocenters. The maximum atomic E-state index is 13.1. The average molecular weight is 535 g/mol. The summed E-state index contributed by atoms with van der Waals surface area (Å²) in [5.74, 6) is -1.93. The molecular formula is C29H20Cl2O6. The molecule has 0 spiro atoms. The van der Waals surface area contributed by atoms with Crippen LogP contribution >= 0.6 is 23.2 Å². The third-order valence-corrected chi connectivity index (χ3v) is 6.29. The fraction of sp³-hybridized carbons (Fsp3) is 0.0690. The van der Waals surface area contributed by atoms with Crippen molar-refractivity contribution in [1.82, 2.24) is 0 Å². The lowest BCUT2D eigenvalue weighted by Gasteiger charge is -2.26. The van der Waals surface area contributed by atoms with Gasteiger partial charge in [0.2, 0.25) is 5.60 Å². The van der Waals surface area contributed by atoms with Crippen LogP contribution in [0.15, 0.2) is 103 Å². The van der Waals surface area contributed by atoms with Gasteiger partial charge in [0, 0.05) is 5.56 Å². The monoisotopic (exact) mass is 534 g/mol. The Morgan fingerprint density at radius 1 is 0.703 bits per heavy atom. The van der Waals surface area contributed by atoms with Gasteiger partial charge in [0.05, 0.1) is 15.6 Å². The van der Waals surface area contributed by atoms with E-state index in [9.17, 15) is 19.5 Å². The Hall–Kier alpha value is -3.97. The molecule has 0 unspecified atom stereocenters. The lowest BCUT2D eigenvalue weighted by atomic mass is 9.86. The number of ketones is 1. The van der Waals surface area contributed by atoms with E-state index < -0.39 is 29.9 Å². The van der Waals surface area contributed by atoms with E-state index in [0.717, 1.165) is 0 Å². The van der Waals surface area contributed by atoms with Crippen LogP contribution in [0.3, 0.4) is 0 Å². The number of hydrogen-bond donors (Lipinski definition) is 1. The summed E-state index contributed by atoms with van der Waals surface area (Å²) in [4.78, 5) is 38.1. The average Bonchev–Trinajstić information content (AvgIpc) is 2.93. The van der Waals surface area contributed by atoms with Gasteiger partial charge in [-0.2, -0.15) is 0 Å². The Bertz CT molecular complexity index is 1380. The minimum atomic E-state index is -2.09. The van der Waals surface area contributed by atoms with Gasteiger partial charge in [-0.1, -0.05) is 83.9 Å². The predicted molar refractivity (Wildman–Crippen MR) is 139 cm³/mol. The molecule has 0 aliphatic rings. The number of hydrogen-bond acceptors (Lipinski definition) is 6. The molecule has 0 saturated carbocycles. The molecule has 0 fully saturated rings. The first-order chi connectivity index (χ1) is 17.8. The van der Waals surface area contributed by atoms with Crippen molar-refractivity contribution in [2.45, 2.75) is 5.60 Å². The Morgan fingerprint density at radius 3 is 1.78 bits per heavy atom. The molecule has 0 aliphatic heterocycles. The lowest BCUT2D eigenvalue weighted by molar-refractivity contribution is -0.160. The summed E-state index contributed by atoms with van der Waals surface area (Å²) in [5.41, 5.74) is -1.03. The Balaban J connectivity index is 1.42. The number of esters is 2. The van der Waals surface area contributed by atoms with Gasteiger partial charge >= 0.3 is 11.9 Å². The molecule has 0 saturated heterocycles. The maximum absolute atomic E-state index is 13.1. The molecule has 8 heteroatoms. The van der Waals surface area contributed by atoms with Crippen LogP contribution in [0.2, 0.25) is 10.0 Å². The number of carbonyl (C=O) groups is 3. The van der Waals surface area contributed by atoms with Gasteiger partial charge in [0.1, 0.15) is 5.75 Å². The largest absolute Gasteiger partial charge is 0.455 e. The molecule has 6 nitrogen and oxygen atoms in total. The van der Waals surface area contributed by atoms with E-state index in [-0.39, 0.29) is 21.9 Å². The van der Waals surface area contributed by atoms with E-state index in [0.29, 0.717) is 16.1 Å². The van der Waals surface area contributed by atoms with Crippen LogP contribution in [-0.2, 0) is 15.1 Å². The van der Waals surface area contributed by atoms with Crippen molar-refractivity contribution in [1.29, 1.82) is 0 Å². The molecule has 4 rings (SSSR count). The zero-order valence-corrected chi connectivity index (χ0v) is 20.8. The van der Waals surface area contributed by atoms with Crippen LogP contribution in [0.25, 0.3) is 0 Å². The number of ether oxygens (including phenoxy) is 2.